The molecule has 6 nitrogen and oxygen atoms in total. The number of carbonyl (C=O) groups excluding carboxylic acids is 1. The number of benzene rings is 2. The van der Waals surface area contributed by atoms with E-state index in [0.717, 1.165) is 30.9 Å². The van der Waals surface area contributed by atoms with Gasteiger partial charge in [-0.05, 0) is 36.5 Å². The summed E-state index contributed by atoms with van der Waals surface area (Å²) in [6, 6.07) is 10.0. The largest absolute Gasteiger partial charge is 0.376 e. The summed E-state index contributed by atoms with van der Waals surface area (Å²) in [5.74, 6) is -1.17. The van der Waals surface area contributed by atoms with Crippen molar-refractivity contribution in [3.05, 3.63) is 63.5 Å². The smallest absolute Gasteiger partial charge is 0.295 e. The zero-order chi connectivity index (χ0) is 18.0. The van der Waals surface area contributed by atoms with Crippen LogP contribution in [0.25, 0.3) is 0 Å². The lowest BCUT2D eigenvalue weighted by Crippen LogP contribution is -2.18. The van der Waals surface area contributed by atoms with Crippen LogP contribution in [-0.4, -0.2) is 10.8 Å². The van der Waals surface area contributed by atoms with E-state index in [0.29, 0.717) is 0 Å². The van der Waals surface area contributed by atoms with Crippen molar-refractivity contribution in [3.8, 4) is 0 Å². The molecule has 0 bridgehead atoms. The molecule has 0 aliphatic heterocycles. The molecule has 2 aromatic carbocycles. The predicted octanol–water partition coefficient (Wildman–Crippen LogP) is 4.18. The molecule has 0 spiro atoms. The van der Waals surface area contributed by atoms with Crippen LogP contribution in [-0.2, 0) is 11.2 Å². The van der Waals surface area contributed by atoms with E-state index in [4.69, 9.17) is 0 Å². The average molecular weight is 343 g/mol. The minimum Gasteiger partial charge on any atom is -0.376 e. The molecular weight excluding hydrogens is 325 g/mol. The lowest BCUT2D eigenvalue weighted by atomic mass is 9.87. The Labute approximate surface area is 144 Å². The van der Waals surface area contributed by atoms with Crippen molar-refractivity contribution in [1.82, 2.24) is 0 Å². The van der Waals surface area contributed by atoms with Crippen LogP contribution in [0, 0.1) is 15.9 Å². The van der Waals surface area contributed by atoms with Gasteiger partial charge in [-0.1, -0.05) is 24.3 Å². The van der Waals surface area contributed by atoms with Gasteiger partial charge in [0, 0.05) is 6.92 Å². The summed E-state index contributed by atoms with van der Waals surface area (Å²) in [6.45, 7) is 1.25. The van der Waals surface area contributed by atoms with Crippen molar-refractivity contribution in [1.29, 1.82) is 0 Å². The van der Waals surface area contributed by atoms with Gasteiger partial charge in [-0.25, -0.2) is 4.39 Å². The summed E-state index contributed by atoms with van der Waals surface area (Å²) >= 11 is 0. The quantitative estimate of drug-likeness (QED) is 0.644. The van der Waals surface area contributed by atoms with Crippen molar-refractivity contribution < 1.29 is 14.1 Å². The average Bonchev–Trinajstić information content (AvgIpc) is 2.57. The lowest BCUT2D eigenvalue weighted by molar-refractivity contribution is -0.384. The van der Waals surface area contributed by atoms with Gasteiger partial charge in [-0.15, -0.1) is 0 Å². The highest BCUT2D eigenvalue weighted by Crippen LogP contribution is 2.36. The summed E-state index contributed by atoms with van der Waals surface area (Å²) in [5.41, 5.74) is 1.96. The Balaban J connectivity index is 1.95. The number of halogens is 1. The molecule has 0 radical (unpaired) electrons. The minimum atomic E-state index is -0.719. The van der Waals surface area contributed by atoms with Gasteiger partial charge in [0.2, 0.25) is 5.91 Å². The maximum atomic E-state index is 14.4. The summed E-state index contributed by atoms with van der Waals surface area (Å²) in [6.07, 6.45) is 2.79. The van der Waals surface area contributed by atoms with E-state index in [1.165, 1.54) is 18.6 Å². The molecule has 130 valence electrons. The topological polar surface area (TPSA) is 84.3 Å². The molecule has 1 amide bonds. The number of hydrogen-bond donors (Lipinski definition) is 2. The fraction of sp³-hybridized carbons (Fsp3) is 0.278. The molecule has 0 aromatic heterocycles. The van der Waals surface area contributed by atoms with E-state index in [2.05, 4.69) is 16.7 Å². The molecule has 2 N–H and O–H groups in total. The van der Waals surface area contributed by atoms with Gasteiger partial charge in [0.15, 0.2) is 5.82 Å². The Morgan fingerprint density at radius 1 is 1.28 bits per heavy atom. The third-order valence-corrected chi connectivity index (χ3v) is 4.29. The second-order valence-electron chi connectivity index (χ2n) is 6.08. The van der Waals surface area contributed by atoms with Gasteiger partial charge >= 0.3 is 0 Å². The first kappa shape index (κ1) is 16.9. The van der Waals surface area contributed by atoms with Crippen LogP contribution in [0.3, 0.4) is 0 Å². The van der Waals surface area contributed by atoms with E-state index in [9.17, 15) is 19.3 Å². The Morgan fingerprint density at radius 2 is 2.04 bits per heavy atom. The van der Waals surface area contributed by atoms with Crippen molar-refractivity contribution in [3.63, 3.8) is 0 Å². The van der Waals surface area contributed by atoms with Crippen LogP contribution in [0.5, 0.6) is 0 Å². The molecule has 0 saturated heterocycles. The first-order chi connectivity index (χ1) is 12.0. The molecule has 0 fully saturated rings. The first-order valence-corrected chi connectivity index (χ1v) is 8.05. The zero-order valence-electron chi connectivity index (χ0n) is 13.7. The predicted molar refractivity (Wildman–Crippen MR) is 93.1 cm³/mol. The second kappa shape index (κ2) is 6.88. The lowest BCUT2D eigenvalue weighted by Gasteiger charge is -2.27. The number of anilines is 2. The molecule has 1 atom stereocenters. The molecule has 0 saturated carbocycles. The van der Waals surface area contributed by atoms with Crippen LogP contribution >= 0.6 is 0 Å². The van der Waals surface area contributed by atoms with Crippen molar-refractivity contribution in [2.45, 2.75) is 32.2 Å². The third kappa shape index (κ3) is 3.60. The van der Waals surface area contributed by atoms with Gasteiger partial charge in [0.05, 0.1) is 22.7 Å². The van der Waals surface area contributed by atoms with Gasteiger partial charge in [0.1, 0.15) is 5.69 Å². The Bertz CT molecular complexity index is 838. The third-order valence-electron chi connectivity index (χ3n) is 4.29. The number of nitrogens with zero attached hydrogens (tertiary/aromatic N) is 1. The number of hydrogen-bond acceptors (Lipinski definition) is 4. The van der Waals surface area contributed by atoms with Crippen LogP contribution < -0.4 is 10.6 Å². The maximum Gasteiger partial charge on any atom is 0.295 e. The maximum absolute atomic E-state index is 14.4. The molecule has 3 rings (SSSR count). The Kier molecular flexibility index (Phi) is 4.65. The number of nitro groups is 1. The summed E-state index contributed by atoms with van der Waals surface area (Å²) < 4.78 is 14.4. The van der Waals surface area contributed by atoms with Crippen molar-refractivity contribution in [2.75, 3.05) is 10.6 Å². The van der Waals surface area contributed by atoms with Crippen LogP contribution in [0.2, 0.25) is 0 Å². The van der Waals surface area contributed by atoms with Crippen LogP contribution in [0.15, 0.2) is 36.4 Å². The molecule has 7 heteroatoms. The summed E-state index contributed by atoms with van der Waals surface area (Å²) in [5, 5.41) is 16.6. The fourth-order valence-corrected chi connectivity index (χ4v) is 3.21. The van der Waals surface area contributed by atoms with E-state index in [-0.39, 0.29) is 17.4 Å². The van der Waals surface area contributed by atoms with E-state index < -0.39 is 22.3 Å². The van der Waals surface area contributed by atoms with E-state index >= 15 is 0 Å². The first-order valence-electron chi connectivity index (χ1n) is 8.05. The number of aryl methyl sites for hydroxylation is 1. The Morgan fingerprint density at radius 3 is 2.76 bits per heavy atom. The number of fused-ring (bicyclic) bond motifs is 1. The molecule has 25 heavy (non-hydrogen) atoms. The van der Waals surface area contributed by atoms with Crippen molar-refractivity contribution >= 4 is 23.0 Å². The standard InChI is InChI=1S/C18H18FN3O3/c1-11(23)20-17-10-16(14(19)9-18(17)22(24)25)21-15-8-4-6-12-5-2-3-7-13(12)15/h2-3,5,7,9-10,15,21H,4,6,8H2,1H3,(H,20,23)/t15-/m0/s1. The highest BCUT2D eigenvalue weighted by atomic mass is 19.1. The van der Waals surface area contributed by atoms with Crippen molar-refractivity contribution in [2.24, 2.45) is 0 Å². The normalized spacial score (nSPS) is 16.0. The highest BCUT2D eigenvalue weighted by molar-refractivity contribution is 5.92. The number of carbonyl (C=O) groups is 1. The SMILES string of the molecule is CC(=O)Nc1cc(N[C@H]2CCCc3ccccc32)c(F)cc1[N+](=O)[O-]. The molecule has 1 aliphatic carbocycles. The van der Waals surface area contributed by atoms with Crippen LogP contribution in [0.4, 0.5) is 21.5 Å². The Hall–Kier alpha value is -2.96. The highest BCUT2D eigenvalue weighted by Gasteiger charge is 2.24. The number of nitrogens with one attached hydrogen (secondary N) is 2. The molecule has 0 unspecified atom stereocenters. The molecule has 2 aromatic rings. The van der Waals surface area contributed by atoms with E-state index in [1.807, 2.05) is 18.2 Å². The number of nitro benzene ring substituents is 1. The number of rotatable bonds is 4. The van der Waals surface area contributed by atoms with Gasteiger partial charge in [0.25, 0.3) is 5.69 Å². The fourth-order valence-electron chi connectivity index (χ4n) is 3.21. The second-order valence-corrected chi connectivity index (χ2v) is 6.08. The van der Waals surface area contributed by atoms with Gasteiger partial charge in [-0.3, -0.25) is 14.9 Å². The van der Waals surface area contributed by atoms with Gasteiger partial charge < -0.3 is 10.6 Å². The molecule has 0 heterocycles. The zero-order valence-corrected chi connectivity index (χ0v) is 13.7. The summed E-state index contributed by atoms with van der Waals surface area (Å²) in [7, 11) is 0. The van der Waals surface area contributed by atoms with Crippen LogP contribution in [0.1, 0.15) is 36.9 Å². The molecule has 1 aliphatic rings. The van der Waals surface area contributed by atoms with E-state index in [1.54, 1.807) is 0 Å². The molecular formula is C18H18FN3O3. The van der Waals surface area contributed by atoms with Gasteiger partial charge in [-0.2, -0.15) is 0 Å². The summed E-state index contributed by atoms with van der Waals surface area (Å²) in [4.78, 5) is 21.7. The number of amides is 1. The monoisotopic (exact) mass is 343 g/mol. The minimum absolute atomic E-state index is 0.0227.